The normalized spacial score (nSPS) is 16.8. The van der Waals surface area contributed by atoms with Gasteiger partial charge in [-0.1, -0.05) is 18.2 Å². The van der Waals surface area contributed by atoms with Crippen LogP contribution in [0.1, 0.15) is 31.0 Å². The van der Waals surface area contributed by atoms with Crippen LogP contribution in [0.4, 0.5) is 11.4 Å². The average Bonchev–Trinajstić information content (AvgIpc) is 3.12. The number of anilines is 1. The molecule has 1 amide bonds. The first-order valence-electron chi connectivity index (χ1n) is 10.5. The Bertz CT molecular complexity index is 1260. The van der Waals surface area contributed by atoms with E-state index in [0.717, 1.165) is 23.4 Å². The van der Waals surface area contributed by atoms with Crippen molar-refractivity contribution in [3.63, 3.8) is 0 Å². The zero-order valence-electron chi connectivity index (χ0n) is 18.1. The Morgan fingerprint density at radius 2 is 1.94 bits per heavy atom. The number of nitrogens with two attached hydrogens (primary N) is 1. The Morgan fingerprint density at radius 1 is 1.16 bits per heavy atom. The second-order valence-electron chi connectivity index (χ2n) is 7.79. The minimum atomic E-state index is -0.250. The molecule has 1 aliphatic heterocycles. The maximum Gasteiger partial charge on any atom is 0.227 e. The summed E-state index contributed by atoms with van der Waals surface area (Å²) >= 11 is 0. The summed E-state index contributed by atoms with van der Waals surface area (Å²) in [7, 11) is 0. The van der Waals surface area contributed by atoms with E-state index in [9.17, 15) is 9.59 Å². The molecule has 0 bridgehead atoms. The van der Waals surface area contributed by atoms with Crippen molar-refractivity contribution in [1.29, 1.82) is 0 Å². The van der Waals surface area contributed by atoms with Crippen LogP contribution >= 0.6 is 0 Å². The molecule has 1 fully saturated rings. The van der Waals surface area contributed by atoms with E-state index in [1.807, 2.05) is 60.4 Å². The van der Waals surface area contributed by atoms with E-state index in [1.165, 1.54) is 12.3 Å². The molecule has 2 heterocycles. The Morgan fingerprint density at radius 3 is 2.59 bits per heavy atom. The Hall–Kier alpha value is -4.00. The van der Waals surface area contributed by atoms with Crippen molar-refractivity contribution in [2.45, 2.75) is 32.7 Å². The van der Waals surface area contributed by atoms with Gasteiger partial charge in [-0.25, -0.2) is 9.67 Å². The summed E-state index contributed by atoms with van der Waals surface area (Å²) in [6.07, 6.45) is 5.98. The molecular weight excluding hydrogens is 402 g/mol. The quantitative estimate of drug-likeness (QED) is 0.629. The summed E-state index contributed by atoms with van der Waals surface area (Å²) in [5.74, 6) is 0.142. The SMILES string of the molecule is Cc1cc(N2C(=O)CCC2C)ccc1-n1ccc(=O)c(C(C=CN)=Nc2ccccc2)n1. The average molecular weight is 428 g/mol. The highest BCUT2D eigenvalue weighted by atomic mass is 16.2. The van der Waals surface area contributed by atoms with Crippen LogP contribution in [0.5, 0.6) is 0 Å². The number of allylic oxidation sites excluding steroid dienone is 1. The number of hydrogen-bond acceptors (Lipinski definition) is 5. The first-order valence-corrected chi connectivity index (χ1v) is 10.5. The van der Waals surface area contributed by atoms with Gasteiger partial charge < -0.3 is 10.6 Å². The summed E-state index contributed by atoms with van der Waals surface area (Å²) in [5.41, 5.74) is 9.26. The summed E-state index contributed by atoms with van der Waals surface area (Å²) in [6.45, 7) is 4.02. The number of rotatable bonds is 5. The van der Waals surface area contributed by atoms with Gasteiger partial charge >= 0.3 is 0 Å². The lowest BCUT2D eigenvalue weighted by atomic mass is 10.1. The van der Waals surface area contributed by atoms with Crippen LogP contribution in [0, 0.1) is 6.92 Å². The maximum atomic E-state index is 12.6. The lowest BCUT2D eigenvalue weighted by molar-refractivity contribution is -0.117. The first kappa shape index (κ1) is 21.2. The van der Waals surface area contributed by atoms with Gasteiger partial charge in [0.2, 0.25) is 11.3 Å². The molecule has 162 valence electrons. The second kappa shape index (κ2) is 9.01. The topological polar surface area (TPSA) is 93.6 Å². The minimum absolute atomic E-state index is 0.142. The number of aryl methyl sites for hydroxylation is 1. The lowest BCUT2D eigenvalue weighted by Gasteiger charge is -2.23. The van der Waals surface area contributed by atoms with Gasteiger partial charge in [0.1, 0.15) is 0 Å². The van der Waals surface area contributed by atoms with Gasteiger partial charge in [0.25, 0.3) is 0 Å². The van der Waals surface area contributed by atoms with Crippen molar-refractivity contribution < 1.29 is 4.79 Å². The van der Waals surface area contributed by atoms with E-state index < -0.39 is 0 Å². The Balaban J connectivity index is 1.75. The van der Waals surface area contributed by atoms with Gasteiger partial charge in [0, 0.05) is 30.4 Å². The number of aliphatic imine (C=N–C) groups is 1. The van der Waals surface area contributed by atoms with E-state index >= 15 is 0 Å². The fourth-order valence-electron chi connectivity index (χ4n) is 3.89. The number of carbonyl (C=O) groups is 1. The molecule has 3 aromatic rings. The molecule has 0 radical (unpaired) electrons. The molecular formula is C25H25N5O2. The van der Waals surface area contributed by atoms with Crippen molar-refractivity contribution in [2.75, 3.05) is 4.90 Å². The molecule has 1 saturated heterocycles. The monoisotopic (exact) mass is 427 g/mol. The molecule has 7 nitrogen and oxygen atoms in total. The zero-order chi connectivity index (χ0) is 22.7. The van der Waals surface area contributed by atoms with E-state index in [0.29, 0.717) is 17.8 Å². The third-order valence-electron chi connectivity index (χ3n) is 5.50. The number of hydrogen-bond donors (Lipinski definition) is 1. The van der Waals surface area contributed by atoms with Crippen LogP contribution in [0.2, 0.25) is 0 Å². The fourth-order valence-corrected chi connectivity index (χ4v) is 3.89. The molecule has 1 unspecified atom stereocenters. The number of amides is 1. The van der Waals surface area contributed by atoms with Crippen LogP contribution in [-0.2, 0) is 4.79 Å². The van der Waals surface area contributed by atoms with Gasteiger partial charge in [-0.15, -0.1) is 0 Å². The first-order chi connectivity index (χ1) is 15.5. The smallest absolute Gasteiger partial charge is 0.227 e. The maximum absolute atomic E-state index is 12.6. The molecule has 4 rings (SSSR count). The molecule has 1 aromatic heterocycles. The summed E-state index contributed by atoms with van der Waals surface area (Å²) in [6, 6.07) is 16.8. The van der Waals surface area contributed by atoms with E-state index in [2.05, 4.69) is 17.0 Å². The number of aromatic nitrogens is 2. The van der Waals surface area contributed by atoms with Gasteiger partial charge in [0.05, 0.1) is 17.1 Å². The van der Waals surface area contributed by atoms with E-state index in [-0.39, 0.29) is 23.1 Å². The minimum Gasteiger partial charge on any atom is -0.405 e. The number of carbonyl (C=O) groups excluding carboxylic acids is 1. The van der Waals surface area contributed by atoms with Crippen LogP contribution in [0.25, 0.3) is 5.69 Å². The van der Waals surface area contributed by atoms with Crippen LogP contribution in [0.3, 0.4) is 0 Å². The molecule has 32 heavy (non-hydrogen) atoms. The highest BCUT2D eigenvalue weighted by Crippen LogP contribution is 2.29. The second-order valence-corrected chi connectivity index (χ2v) is 7.79. The van der Waals surface area contributed by atoms with Gasteiger partial charge in [0.15, 0.2) is 5.69 Å². The van der Waals surface area contributed by atoms with Crippen molar-refractivity contribution >= 4 is 23.0 Å². The van der Waals surface area contributed by atoms with Crippen molar-refractivity contribution in [1.82, 2.24) is 9.78 Å². The molecule has 0 spiro atoms. The van der Waals surface area contributed by atoms with Crippen LogP contribution < -0.4 is 16.1 Å². The number of nitrogens with zero attached hydrogens (tertiary/aromatic N) is 4. The molecule has 0 aliphatic carbocycles. The highest BCUT2D eigenvalue weighted by molar-refractivity contribution is 6.08. The summed E-state index contributed by atoms with van der Waals surface area (Å²) in [4.78, 5) is 31.3. The van der Waals surface area contributed by atoms with Gasteiger partial charge in [-0.2, -0.15) is 5.10 Å². The Kier molecular flexibility index (Phi) is 5.98. The van der Waals surface area contributed by atoms with Crippen LogP contribution in [-0.4, -0.2) is 27.4 Å². The lowest BCUT2D eigenvalue weighted by Crippen LogP contribution is -2.30. The zero-order valence-corrected chi connectivity index (χ0v) is 18.1. The molecule has 1 atom stereocenters. The number of benzene rings is 2. The number of para-hydroxylation sites is 1. The predicted molar refractivity (Wildman–Crippen MR) is 127 cm³/mol. The Labute approximate surface area is 186 Å². The third-order valence-corrected chi connectivity index (χ3v) is 5.50. The molecule has 2 N–H and O–H groups in total. The van der Waals surface area contributed by atoms with Crippen molar-refractivity contribution in [3.05, 3.63) is 94.6 Å². The van der Waals surface area contributed by atoms with Crippen molar-refractivity contribution in [3.8, 4) is 5.69 Å². The predicted octanol–water partition coefficient (Wildman–Crippen LogP) is 3.65. The summed E-state index contributed by atoms with van der Waals surface area (Å²) in [5, 5.41) is 4.56. The van der Waals surface area contributed by atoms with Gasteiger partial charge in [-0.3, -0.25) is 9.59 Å². The molecule has 1 aliphatic rings. The molecule has 2 aromatic carbocycles. The molecule has 7 heteroatoms. The highest BCUT2D eigenvalue weighted by Gasteiger charge is 2.29. The largest absolute Gasteiger partial charge is 0.405 e. The molecule has 0 saturated carbocycles. The van der Waals surface area contributed by atoms with Crippen LogP contribution in [0.15, 0.2) is 82.9 Å². The summed E-state index contributed by atoms with van der Waals surface area (Å²) < 4.78 is 1.65. The van der Waals surface area contributed by atoms with E-state index in [4.69, 9.17) is 5.73 Å². The third kappa shape index (κ3) is 4.23. The van der Waals surface area contributed by atoms with E-state index in [1.54, 1.807) is 17.0 Å². The standard InChI is InChI=1S/C25H25N5O2/c1-17-16-20(30-18(2)8-11-24(30)32)9-10-22(17)29-15-13-23(31)25(28-29)21(12-14-26)27-19-6-4-3-5-7-19/h3-7,9-10,12-16,18H,8,11,26H2,1-2H3. The van der Waals surface area contributed by atoms with Crippen molar-refractivity contribution in [2.24, 2.45) is 10.7 Å². The van der Waals surface area contributed by atoms with Gasteiger partial charge in [-0.05, 0) is 68.4 Å². The fraction of sp³-hybridized carbons (Fsp3) is 0.200.